The van der Waals surface area contributed by atoms with E-state index in [1.54, 1.807) is 0 Å². The number of hydrogen-bond acceptors (Lipinski definition) is 5. The van der Waals surface area contributed by atoms with E-state index in [0.29, 0.717) is 12.1 Å². The van der Waals surface area contributed by atoms with Crippen molar-refractivity contribution in [2.75, 3.05) is 37.0 Å². The zero-order chi connectivity index (χ0) is 23.3. The summed E-state index contributed by atoms with van der Waals surface area (Å²) in [6.07, 6.45) is 1.01. The minimum absolute atomic E-state index is 0.100. The van der Waals surface area contributed by atoms with Gasteiger partial charge in [-0.25, -0.2) is 13.1 Å². The maximum Gasteiger partial charge on any atom is 0.255 e. The number of methoxy groups -OCH3 is 1. The minimum Gasteiger partial charge on any atom is -0.383 e. The SMILES string of the molecule is COCCNS(=O)(=O)c1ccc(C(=O)Nc2ccccc2CN2CCc3ccccc32)cc1. The lowest BCUT2D eigenvalue weighted by Crippen LogP contribution is -2.27. The van der Waals surface area contributed by atoms with E-state index in [1.807, 2.05) is 30.3 Å². The van der Waals surface area contributed by atoms with Crippen molar-refractivity contribution in [2.45, 2.75) is 17.9 Å². The molecule has 2 N–H and O–H groups in total. The van der Waals surface area contributed by atoms with E-state index >= 15 is 0 Å². The Morgan fingerprint density at radius 1 is 1.00 bits per heavy atom. The van der Waals surface area contributed by atoms with Crippen LogP contribution in [-0.2, 0) is 27.7 Å². The molecule has 172 valence electrons. The number of carbonyl (C=O) groups excluding carboxylic acids is 1. The molecule has 1 aliphatic rings. The van der Waals surface area contributed by atoms with Crippen LogP contribution in [-0.4, -0.2) is 41.1 Å². The number of hydrogen-bond donors (Lipinski definition) is 2. The van der Waals surface area contributed by atoms with Crippen LogP contribution in [0, 0.1) is 0 Å². The van der Waals surface area contributed by atoms with E-state index in [4.69, 9.17) is 4.74 Å². The fraction of sp³-hybridized carbons (Fsp3) is 0.240. The molecule has 0 radical (unpaired) electrons. The predicted molar refractivity (Wildman–Crippen MR) is 129 cm³/mol. The van der Waals surface area contributed by atoms with Gasteiger partial charge in [-0.3, -0.25) is 4.79 Å². The van der Waals surface area contributed by atoms with Crippen LogP contribution in [0.15, 0.2) is 77.7 Å². The Kier molecular flexibility index (Phi) is 7.08. The smallest absolute Gasteiger partial charge is 0.255 e. The zero-order valence-corrected chi connectivity index (χ0v) is 19.3. The number of sulfonamides is 1. The van der Waals surface area contributed by atoms with Crippen molar-refractivity contribution in [2.24, 2.45) is 0 Å². The quantitative estimate of drug-likeness (QED) is 0.473. The molecule has 0 spiro atoms. The Hall–Kier alpha value is -3.20. The van der Waals surface area contributed by atoms with Gasteiger partial charge in [0.1, 0.15) is 0 Å². The summed E-state index contributed by atoms with van der Waals surface area (Å²) in [4.78, 5) is 15.3. The van der Waals surface area contributed by atoms with E-state index in [1.165, 1.54) is 42.6 Å². The first-order chi connectivity index (χ1) is 16.0. The van der Waals surface area contributed by atoms with Crippen LogP contribution in [0.5, 0.6) is 0 Å². The zero-order valence-electron chi connectivity index (χ0n) is 18.5. The van der Waals surface area contributed by atoms with E-state index in [0.717, 1.165) is 24.2 Å². The number of carbonyl (C=O) groups is 1. The third kappa shape index (κ3) is 5.42. The highest BCUT2D eigenvalue weighted by atomic mass is 32.2. The third-order valence-corrected chi connectivity index (χ3v) is 7.11. The maximum absolute atomic E-state index is 12.9. The number of anilines is 2. The second-order valence-electron chi connectivity index (χ2n) is 7.83. The predicted octanol–water partition coefficient (Wildman–Crippen LogP) is 3.43. The highest BCUT2D eigenvalue weighted by molar-refractivity contribution is 7.89. The molecule has 4 rings (SSSR count). The molecule has 0 fully saturated rings. The van der Waals surface area contributed by atoms with Crippen molar-refractivity contribution in [1.29, 1.82) is 0 Å². The molecule has 33 heavy (non-hydrogen) atoms. The topological polar surface area (TPSA) is 87.7 Å². The molecule has 1 amide bonds. The van der Waals surface area contributed by atoms with Crippen LogP contribution >= 0.6 is 0 Å². The van der Waals surface area contributed by atoms with Gasteiger partial charge < -0.3 is 15.0 Å². The first-order valence-electron chi connectivity index (χ1n) is 10.8. The molecule has 8 heteroatoms. The number of benzene rings is 3. The van der Waals surface area contributed by atoms with Gasteiger partial charge in [0.15, 0.2) is 0 Å². The molecule has 1 aliphatic heterocycles. The van der Waals surface area contributed by atoms with Crippen molar-refractivity contribution in [1.82, 2.24) is 4.72 Å². The number of fused-ring (bicyclic) bond motifs is 1. The summed E-state index contributed by atoms with van der Waals surface area (Å²) in [5.74, 6) is -0.291. The summed E-state index contributed by atoms with van der Waals surface area (Å²) in [5.41, 5.74) is 4.71. The number of para-hydroxylation sites is 2. The summed E-state index contributed by atoms with van der Waals surface area (Å²) in [6.45, 7) is 2.09. The van der Waals surface area contributed by atoms with Crippen LogP contribution in [0.1, 0.15) is 21.5 Å². The molecule has 0 bridgehead atoms. The Balaban J connectivity index is 1.45. The van der Waals surface area contributed by atoms with Gasteiger partial charge in [-0.1, -0.05) is 36.4 Å². The molecule has 0 atom stereocenters. The lowest BCUT2D eigenvalue weighted by Gasteiger charge is -2.21. The molecule has 3 aromatic carbocycles. The first kappa shape index (κ1) is 23.0. The normalized spacial score (nSPS) is 13.1. The number of amides is 1. The number of ether oxygens (including phenoxy) is 1. The fourth-order valence-electron chi connectivity index (χ4n) is 3.90. The van der Waals surface area contributed by atoms with Gasteiger partial charge >= 0.3 is 0 Å². The number of nitrogens with zero attached hydrogens (tertiary/aromatic N) is 1. The number of nitrogens with one attached hydrogen (secondary N) is 2. The van der Waals surface area contributed by atoms with Crippen molar-refractivity contribution < 1.29 is 17.9 Å². The summed E-state index contributed by atoms with van der Waals surface area (Å²) in [7, 11) is -2.14. The molecule has 0 aromatic heterocycles. The van der Waals surface area contributed by atoms with Crippen molar-refractivity contribution >= 4 is 27.3 Å². The van der Waals surface area contributed by atoms with E-state index in [9.17, 15) is 13.2 Å². The van der Waals surface area contributed by atoms with Gasteiger partial charge in [-0.2, -0.15) is 0 Å². The Labute approximate surface area is 194 Å². The summed E-state index contributed by atoms with van der Waals surface area (Å²) in [6, 6.07) is 22.0. The van der Waals surface area contributed by atoms with E-state index < -0.39 is 10.0 Å². The van der Waals surface area contributed by atoms with E-state index in [-0.39, 0.29) is 24.0 Å². The number of rotatable bonds is 9. The van der Waals surface area contributed by atoms with Gasteiger partial charge in [0.25, 0.3) is 5.91 Å². The molecular formula is C25H27N3O4S. The molecule has 0 unspecified atom stereocenters. The maximum atomic E-state index is 12.9. The lowest BCUT2D eigenvalue weighted by molar-refractivity contribution is 0.102. The second-order valence-corrected chi connectivity index (χ2v) is 9.59. The van der Waals surface area contributed by atoms with Gasteiger partial charge in [0.2, 0.25) is 10.0 Å². The Morgan fingerprint density at radius 3 is 2.52 bits per heavy atom. The molecule has 1 heterocycles. The fourth-order valence-corrected chi connectivity index (χ4v) is 4.91. The molecular weight excluding hydrogens is 438 g/mol. The first-order valence-corrected chi connectivity index (χ1v) is 12.3. The standard InChI is InChI=1S/C25H27N3O4S/c1-32-17-15-26-33(30,31)22-12-10-20(11-13-22)25(29)27-23-8-4-2-7-21(23)18-28-16-14-19-6-3-5-9-24(19)28/h2-13,26H,14-18H2,1H3,(H,27,29). The van der Waals surface area contributed by atoms with E-state index in [2.05, 4.69) is 33.1 Å². The monoisotopic (exact) mass is 465 g/mol. The van der Waals surface area contributed by atoms with Crippen molar-refractivity contribution in [3.63, 3.8) is 0 Å². The largest absolute Gasteiger partial charge is 0.383 e. The average molecular weight is 466 g/mol. The van der Waals surface area contributed by atoms with Crippen LogP contribution < -0.4 is 14.9 Å². The lowest BCUT2D eigenvalue weighted by atomic mass is 10.1. The molecule has 7 nitrogen and oxygen atoms in total. The van der Waals surface area contributed by atoms with Gasteiger partial charge in [0.05, 0.1) is 11.5 Å². The Morgan fingerprint density at radius 2 is 1.73 bits per heavy atom. The highest BCUT2D eigenvalue weighted by Crippen LogP contribution is 2.30. The van der Waals surface area contributed by atoms with Crippen LogP contribution in [0.4, 0.5) is 11.4 Å². The Bertz CT molecular complexity index is 1230. The minimum atomic E-state index is -3.65. The third-order valence-electron chi connectivity index (χ3n) is 5.64. The molecule has 0 saturated carbocycles. The van der Waals surface area contributed by atoms with Gasteiger partial charge in [0, 0.05) is 43.7 Å². The van der Waals surface area contributed by atoms with Crippen molar-refractivity contribution in [3.05, 3.63) is 89.5 Å². The second kappa shape index (κ2) is 10.2. The molecule has 0 saturated heterocycles. The van der Waals surface area contributed by atoms with Crippen LogP contribution in [0.3, 0.4) is 0 Å². The van der Waals surface area contributed by atoms with Gasteiger partial charge in [-0.15, -0.1) is 0 Å². The summed E-state index contributed by atoms with van der Waals surface area (Å²) < 4.78 is 31.9. The summed E-state index contributed by atoms with van der Waals surface area (Å²) >= 11 is 0. The van der Waals surface area contributed by atoms with Crippen LogP contribution in [0.2, 0.25) is 0 Å². The van der Waals surface area contributed by atoms with Gasteiger partial charge in [-0.05, 0) is 53.9 Å². The average Bonchev–Trinajstić information content (AvgIpc) is 3.23. The molecule has 0 aliphatic carbocycles. The molecule has 3 aromatic rings. The summed E-state index contributed by atoms with van der Waals surface area (Å²) in [5, 5.41) is 2.98. The van der Waals surface area contributed by atoms with Crippen molar-refractivity contribution in [3.8, 4) is 0 Å². The van der Waals surface area contributed by atoms with Crippen LogP contribution in [0.25, 0.3) is 0 Å². The highest BCUT2D eigenvalue weighted by Gasteiger charge is 2.20.